The fourth-order valence-electron chi connectivity index (χ4n) is 0. The molecule has 0 spiro atoms. The van der Waals surface area contributed by atoms with Gasteiger partial charge in [-0.05, 0) is 0 Å². The van der Waals surface area contributed by atoms with E-state index in [1.165, 1.54) is 0 Å². The summed E-state index contributed by atoms with van der Waals surface area (Å²) in [5, 5.41) is 13.6. The molecule has 0 bridgehead atoms. The summed E-state index contributed by atoms with van der Waals surface area (Å²) in [6, 6.07) is 0. The van der Waals surface area contributed by atoms with Crippen LogP contribution in [0, 0.1) is 10.1 Å². The Morgan fingerprint density at radius 3 is 1.80 bits per heavy atom. The van der Waals surface area contributed by atoms with E-state index in [4.69, 9.17) is 15.3 Å². The van der Waals surface area contributed by atoms with Crippen LogP contribution >= 0.6 is 0 Å². The van der Waals surface area contributed by atoms with E-state index in [0.29, 0.717) is 0 Å². The van der Waals surface area contributed by atoms with Gasteiger partial charge in [0.1, 0.15) is 0 Å². The molecule has 4 nitrogen and oxygen atoms in total. The molecule has 0 aliphatic rings. The van der Waals surface area contributed by atoms with Crippen LogP contribution in [0.3, 0.4) is 0 Å². The zero-order valence-corrected chi connectivity index (χ0v) is 4.67. The van der Waals surface area contributed by atoms with Crippen LogP contribution in [0.5, 0.6) is 0 Å². The predicted molar refractivity (Wildman–Crippen MR) is 8.78 cm³/mol. The van der Waals surface area contributed by atoms with E-state index in [9.17, 15) is 0 Å². The van der Waals surface area contributed by atoms with E-state index >= 15 is 0 Å². The monoisotopic (exact) mass is 153 g/mol. The van der Waals surface area contributed by atoms with E-state index in [-0.39, 0.29) is 26.2 Å². The zero-order chi connectivity index (χ0) is 3.58. The maximum Gasteiger partial charge on any atom is 0.291 e. The summed E-state index contributed by atoms with van der Waals surface area (Å²) in [4.78, 5) is 8.36. The topological polar surface area (TPSA) is 63.4 Å². The van der Waals surface area contributed by atoms with E-state index in [2.05, 4.69) is 0 Å². The predicted octanol–water partition coefficient (Wildman–Crippen LogP) is -0.350. The molecule has 5 heteroatoms. The molecular weight excluding hydrogens is 153 g/mol. The van der Waals surface area contributed by atoms with Gasteiger partial charge in [-0.25, -0.2) is 0 Å². The molecule has 0 unspecified atom stereocenters. The van der Waals surface area contributed by atoms with Gasteiger partial charge >= 0.3 is 0 Å². The molecule has 0 saturated carbocycles. The first-order valence-corrected chi connectivity index (χ1v) is 0.565. The Labute approximate surface area is 47.0 Å². The Morgan fingerprint density at radius 1 is 1.80 bits per heavy atom. The molecule has 0 radical (unpaired) electrons. The molecule has 0 amide bonds. The van der Waals surface area contributed by atoms with Crippen molar-refractivity contribution in [1.29, 1.82) is 0 Å². The third-order valence-electron chi connectivity index (χ3n) is 0. The first-order chi connectivity index (χ1) is 1.73. The minimum Gasteiger partial charge on any atom is -0.328 e. The Morgan fingerprint density at radius 2 is 1.80 bits per heavy atom. The standard InChI is InChI=1S/HNO3.Zr/c2-1(3)4;/h(H,2,3,4);. The normalized spacial score (nSPS) is 4.80. The van der Waals surface area contributed by atoms with Crippen LogP contribution in [0.15, 0.2) is 0 Å². The molecule has 0 aromatic heterocycles. The smallest absolute Gasteiger partial charge is 0.291 e. The summed E-state index contributed by atoms with van der Waals surface area (Å²) in [5.41, 5.74) is 0. The first kappa shape index (κ1) is 8.92. The molecule has 0 fully saturated rings. The van der Waals surface area contributed by atoms with Crippen LogP contribution < -0.4 is 0 Å². The Bertz CT molecular complexity index is 29.9. The maximum atomic E-state index is 8.36. The second kappa shape index (κ2) is 4.08. The van der Waals surface area contributed by atoms with Crippen molar-refractivity contribution in [3.8, 4) is 0 Å². The van der Waals surface area contributed by atoms with E-state index < -0.39 is 5.09 Å². The minimum absolute atomic E-state index is 0. The average Bonchev–Trinajstić information content (AvgIpc) is 0.811. The number of hydrogen-bond donors (Lipinski definition) is 1. The molecule has 0 aromatic carbocycles. The van der Waals surface area contributed by atoms with Gasteiger partial charge < -0.3 is 5.21 Å². The minimum atomic E-state index is -1.50. The van der Waals surface area contributed by atoms with Crippen molar-refractivity contribution in [2.24, 2.45) is 0 Å². The van der Waals surface area contributed by atoms with Crippen molar-refractivity contribution < 1.29 is 36.5 Å². The summed E-state index contributed by atoms with van der Waals surface area (Å²) in [6.45, 7) is 0. The molecule has 0 aliphatic heterocycles. The Balaban J connectivity index is 0. The van der Waals surface area contributed by atoms with Gasteiger partial charge in [-0.15, -0.1) is 10.1 Å². The van der Waals surface area contributed by atoms with Crippen molar-refractivity contribution in [1.82, 2.24) is 0 Å². The third kappa shape index (κ3) is 2560. The number of rotatable bonds is 0. The van der Waals surface area contributed by atoms with Crippen LogP contribution in [0.1, 0.15) is 0 Å². The van der Waals surface area contributed by atoms with E-state index in [1.807, 2.05) is 0 Å². The first-order valence-electron chi connectivity index (χ1n) is 0.565. The van der Waals surface area contributed by atoms with Gasteiger partial charge in [0.15, 0.2) is 0 Å². The summed E-state index contributed by atoms with van der Waals surface area (Å²) >= 11 is 0. The number of hydrogen-bond acceptors (Lipinski definition) is 2. The van der Waals surface area contributed by atoms with Crippen LogP contribution in [0.4, 0.5) is 0 Å². The molecule has 0 saturated heterocycles. The Kier molecular flexibility index (Phi) is 7.28. The average molecular weight is 154 g/mol. The molecule has 0 atom stereocenters. The molecule has 28 valence electrons. The van der Waals surface area contributed by atoms with Gasteiger partial charge in [0.2, 0.25) is 0 Å². The largest absolute Gasteiger partial charge is 0.328 e. The molecule has 0 aliphatic carbocycles. The summed E-state index contributed by atoms with van der Waals surface area (Å²) in [7, 11) is 0. The van der Waals surface area contributed by atoms with Gasteiger partial charge in [0.05, 0.1) is 0 Å². The van der Waals surface area contributed by atoms with Crippen molar-refractivity contribution in [2.75, 3.05) is 0 Å². The van der Waals surface area contributed by atoms with E-state index in [0.717, 1.165) is 0 Å². The van der Waals surface area contributed by atoms with Crippen LogP contribution in [0.2, 0.25) is 0 Å². The number of nitrogens with zero attached hydrogens (tertiary/aromatic N) is 1. The van der Waals surface area contributed by atoms with Crippen molar-refractivity contribution in [2.45, 2.75) is 0 Å². The summed E-state index contributed by atoms with van der Waals surface area (Å²) in [5.74, 6) is 0. The molecule has 0 heterocycles. The Hall–Kier alpha value is 0.0831. The van der Waals surface area contributed by atoms with Gasteiger partial charge in [0.25, 0.3) is 5.09 Å². The molecular formula is HNO3Zr. The van der Waals surface area contributed by atoms with E-state index in [1.54, 1.807) is 0 Å². The fraction of sp³-hybridized carbons (Fsp3) is 0. The molecule has 5 heavy (non-hydrogen) atoms. The molecule has 0 aromatic rings. The van der Waals surface area contributed by atoms with Crippen molar-refractivity contribution >= 4 is 0 Å². The second-order valence-corrected chi connectivity index (χ2v) is 0.238. The summed E-state index contributed by atoms with van der Waals surface area (Å²) in [6.07, 6.45) is 0. The summed E-state index contributed by atoms with van der Waals surface area (Å²) < 4.78 is 0. The molecule has 0 rings (SSSR count). The third-order valence-corrected chi connectivity index (χ3v) is 0. The van der Waals surface area contributed by atoms with Crippen LogP contribution in [-0.4, -0.2) is 10.3 Å². The van der Waals surface area contributed by atoms with Gasteiger partial charge in [-0.2, -0.15) is 0 Å². The quantitative estimate of drug-likeness (QED) is 0.383. The van der Waals surface area contributed by atoms with Crippen LogP contribution in [0.25, 0.3) is 0 Å². The SMILES string of the molecule is O=[N+]([O-])O.[Zr]. The van der Waals surface area contributed by atoms with Gasteiger partial charge in [-0.1, -0.05) is 0 Å². The molecule has 1 N–H and O–H groups in total. The fourth-order valence-corrected chi connectivity index (χ4v) is 0. The van der Waals surface area contributed by atoms with Crippen LogP contribution in [-0.2, 0) is 26.2 Å². The van der Waals surface area contributed by atoms with Gasteiger partial charge in [0, 0.05) is 26.2 Å². The van der Waals surface area contributed by atoms with Crippen molar-refractivity contribution in [3.05, 3.63) is 10.1 Å². The second-order valence-electron chi connectivity index (χ2n) is 0.238. The van der Waals surface area contributed by atoms with Crippen molar-refractivity contribution in [3.63, 3.8) is 0 Å². The van der Waals surface area contributed by atoms with Gasteiger partial charge in [-0.3, -0.25) is 0 Å². The maximum absolute atomic E-state index is 8.36. The zero-order valence-electron chi connectivity index (χ0n) is 2.21.